The summed E-state index contributed by atoms with van der Waals surface area (Å²) >= 11 is 0. The molecule has 2 unspecified atom stereocenters. The minimum Gasteiger partial charge on any atom is -0.425 e. The van der Waals surface area contributed by atoms with E-state index >= 15 is 0 Å². The maximum absolute atomic E-state index is 12.2. The summed E-state index contributed by atoms with van der Waals surface area (Å²) in [6.45, 7) is 3.15. The SMILES string of the molecule is CCNC(=O)[C@H]1O[C@@H](n2cnc3c(N)nc(C#CCC4CCN(C(=O)OC5CC(=O)N5)CC4)nc32)C(O)[C@H]1O. The van der Waals surface area contributed by atoms with E-state index in [-0.39, 0.29) is 41.1 Å². The van der Waals surface area contributed by atoms with Gasteiger partial charge in [0.25, 0.3) is 5.91 Å². The molecule has 5 atom stereocenters. The molecule has 0 saturated carbocycles. The standard InChI is InChI=1S/C24H30N8O7/c1-2-26-22(36)19-17(34)18(35)23(39-19)32-11-27-16-20(25)28-13(29-21(16)32)5-3-4-12-6-8-31(9-7-12)24(37)38-15-10-14(33)30-15/h11-12,15,17-19,23,34-35H,2,4,6-10H2,1H3,(H,26,36)(H,30,33)(H2,25,28,29)/t15?,17-,18?,19+,23-/m1/s1. The highest BCUT2D eigenvalue weighted by Crippen LogP contribution is 2.32. The highest BCUT2D eigenvalue weighted by molar-refractivity contribution is 5.84. The first-order valence-electron chi connectivity index (χ1n) is 12.8. The molecule has 5 rings (SSSR count). The van der Waals surface area contributed by atoms with Crippen LogP contribution in [0.15, 0.2) is 6.33 Å². The number of hydrogen-bond donors (Lipinski definition) is 5. The van der Waals surface area contributed by atoms with Crippen LogP contribution in [-0.2, 0) is 19.1 Å². The number of fused-ring (bicyclic) bond motifs is 1. The average molecular weight is 543 g/mol. The van der Waals surface area contributed by atoms with Crippen molar-refractivity contribution in [2.75, 3.05) is 25.4 Å². The van der Waals surface area contributed by atoms with E-state index in [0.29, 0.717) is 26.1 Å². The molecule has 3 aliphatic heterocycles. The Morgan fingerprint density at radius 3 is 2.72 bits per heavy atom. The van der Waals surface area contributed by atoms with Crippen molar-refractivity contribution in [2.45, 2.75) is 63.4 Å². The Hall–Kier alpha value is -4.00. The highest BCUT2D eigenvalue weighted by Gasteiger charge is 2.47. The summed E-state index contributed by atoms with van der Waals surface area (Å²) in [4.78, 5) is 49.8. The minimum atomic E-state index is -1.44. The van der Waals surface area contributed by atoms with Crippen molar-refractivity contribution in [3.63, 3.8) is 0 Å². The number of carbonyl (C=O) groups is 3. The van der Waals surface area contributed by atoms with E-state index in [9.17, 15) is 24.6 Å². The second kappa shape index (κ2) is 11.0. The molecule has 2 aromatic heterocycles. The van der Waals surface area contributed by atoms with Crippen molar-refractivity contribution >= 4 is 34.9 Å². The Labute approximate surface area is 223 Å². The van der Waals surface area contributed by atoms with Crippen molar-refractivity contribution in [3.05, 3.63) is 12.2 Å². The maximum atomic E-state index is 12.2. The van der Waals surface area contributed by atoms with Crippen molar-refractivity contribution in [3.8, 4) is 11.8 Å². The Bertz CT molecular complexity index is 1320. The summed E-state index contributed by atoms with van der Waals surface area (Å²) in [5.41, 5.74) is 6.59. The molecule has 0 radical (unpaired) electrons. The number of likely N-dealkylation sites (N-methyl/N-ethyl adjacent to an activating group) is 1. The third-order valence-electron chi connectivity index (χ3n) is 6.97. The van der Waals surface area contributed by atoms with Gasteiger partial charge in [0.1, 0.15) is 17.7 Å². The zero-order chi connectivity index (χ0) is 27.7. The van der Waals surface area contributed by atoms with Gasteiger partial charge in [0.05, 0.1) is 12.7 Å². The van der Waals surface area contributed by atoms with Crippen LogP contribution in [0.5, 0.6) is 0 Å². The van der Waals surface area contributed by atoms with Gasteiger partial charge in [-0.1, -0.05) is 5.92 Å². The number of aliphatic hydroxyl groups is 2. The number of piperidine rings is 1. The third-order valence-corrected chi connectivity index (χ3v) is 6.97. The number of carbonyl (C=O) groups excluding carboxylic acids is 3. The molecular weight excluding hydrogens is 512 g/mol. The van der Waals surface area contributed by atoms with Gasteiger partial charge in [-0.25, -0.2) is 19.7 Å². The number of ether oxygens (including phenoxy) is 2. The molecule has 15 nitrogen and oxygen atoms in total. The molecule has 3 saturated heterocycles. The first kappa shape index (κ1) is 26.6. The molecule has 15 heteroatoms. The van der Waals surface area contributed by atoms with Crippen molar-refractivity contribution in [1.82, 2.24) is 35.1 Å². The van der Waals surface area contributed by atoms with Gasteiger partial charge in [0, 0.05) is 26.1 Å². The number of aromatic nitrogens is 4. The molecular formula is C24H30N8O7. The molecule has 2 aromatic rings. The van der Waals surface area contributed by atoms with Crippen LogP contribution in [0, 0.1) is 17.8 Å². The number of nitrogens with zero attached hydrogens (tertiary/aromatic N) is 5. The van der Waals surface area contributed by atoms with Gasteiger partial charge in [-0.3, -0.25) is 14.2 Å². The monoisotopic (exact) mass is 542 g/mol. The fraction of sp³-hybridized carbons (Fsp3) is 0.583. The maximum Gasteiger partial charge on any atom is 0.411 e. The number of anilines is 1. The van der Waals surface area contributed by atoms with Crippen LogP contribution < -0.4 is 16.4 Å². The van der Waals surface area contributed by atoms with Crippen molar-refractivity contribution < 1.29 is 34.1 Å². The smallest absolute Gasteiger partial charge is 0.411 e. The number of β-lactam (4-membered cyclic amide) rings is 1. The number of hydrogen-bond acceptors (Lipinski definition) is 11. The number of aliphatic hydroxyl groups excluding tert-OH is 2. The van der Waals surface area contributed by atoms with E-state index in [1.807, 2.05) is 0 Å². The Morgan fingerprint density at radius 1 is 1.28 bits per heavy atom. The normalized spacial score (nSPS) is 26.9. The average Bonchev–Trinajstić information content (AvgIpc) is 3.44. The van der Waals surface area contributed by atoms with Crippen molar-refractivity contribution in [1.29, 1.82) is 0 Å². The quantitative estimate of drug-likeness (QED) is 0.219. The second-order valence-electron chi connectivity index (χ2n) is 9.66. The number of amides is 3. The number of likely N-dealkylation sites (tertiary alicyclic amines) is 1. The van der Waals surface area contributed by atoms with E-state index in [0.717, 1.165) is 12.8 Å². The lowest BCUT2D eigenvalue weighted by Crippen LogP contribution is -2.53. The molecule has 6 N–H and O–H groups in total. The highest BCUT2D eigenvalue weighted by atomic mass is 16.6. The molecule has 5 heterocycles. The van der Waals surface area contributed by atoms with Crippen LogP contribution in [0.2, 0.25) is 0 Å². The minimum absolute atomic E-state index is 0.0887. The zero-order valence-corrected chi connectivity index (χ0v) is 21.2. The summed E-state index contributed by atoms with van der Waals surface area (Å²) in [7, 11) is 0. The van der Waals surface area contributed by atoms with E-state index < -0.39 is 42.8 Å². The predicted octanol–water partition coefficient (Wildman–Crippen LogP) is -1.40. The number of nitrogens with two attached hydrogens (primary N) is 1. The summed E-state index contributed by atoms with van der Waals surface area (Å²) in [6.07, 6.45) is -2.57. The van der Waals surface area contributed by atoms with Crippen LogP contribution in [0.25, 0.3) is 11.2 Å². The Balaban J connectivity index is 1.22. The molecule has 3 aliphatic rings. The summed E-state index contributed by atoms with van der Waals surface area (Å²) in [5, 5.41) is 26.0. The molecule has 0 aromatic carbocycles. The first-order valence-corrected chi connectivity index (χ1v) is 12.8. The van der Waals surface area contributed by atoms with Gasteiger partial charge >= 0.3 is 6.09 Å². The summed E-state index contributed by atoms with van der Waals surface area (Å²) < 4.78 is 12.3. The summed E-state index contributed by atoms with van der Waals surface area (Å²) in [6, 6.07) is 0. The van der Waals surface area contributed by atoms with E-state index in [1.54, 1.807) is 11.8 Å². The lowest BCUT2D eigenvalue weighted by Gasteiger charge is -2.33. The molecule has 3 fully saturated rings. The van der Waals surface area contributed by atoms with Crippen LogP contribution in [0.4, 0.5) is 10.6 Å². The fourth-order valence-corrected chi connectivity index (χ4v) is 4.75. The van der Waals surface area contributed by atoms with Gasteiger partial charge in [-0.05, 0) is 31.6 Å². The molecule has 0 aliphatic carbocycles. The van der Waals surface area contributed by atoms with E-state index in [2.05, 4.69) is 37.4 Å². The van der Waals surface area contributed by atoms with Crippen LogP contribution in [-0.4, -0.2) is 96.7 Å². The van der Waals surface area contributed by atoms with Gasteiger partial charge in [-0.2, -0.15) is 0 Å². The second-order valence-corrected chi connectivity index (χ2v) is 9.66. The van der Waals surface area contributed by atoms with E-state index in [1.165, 1.54) is 10.9 Å². The molecule has 0 spiro atoms. The number of imidazole rings is 1. The van der Waals surface area contributed by atoms with Crippen molar-refractivity contribution in [2.24, 2.45) is 5.92 Å². The zero-order valence-electron chi connectivity index (χ0n) is 21.2. The Kier molecular flexibility index (Phi) is 7.51. The topological polar surface area (TPSA) is 207 Å². The van der Waals surface area contributed by atoms with Crippen LogP contribution >= 0.6 is 0 Å². The number of rotatable bonds is 5. The Morgan fingerprint density at radius 2 is 2.03 bits per heavy atom. The number of nitrogens with one attached hydrogen (secondary N) is 2. The molecule has 39 heavy (non-hydrogen) atoms. The lowest BCUT2D eigenvalue weighted by atomic mass is 9.94. The van der Waals surface area contributed by atoms with Crippen LogP contribution in [0.1, 0.15) is 44.7 Å². The third kappa shape index (κ3) is 5.44. The van der Waals surface area contributed by atoms with Gasteiger partial charge in [0.15, 0.2) is 30.0 Å². The van der Waals surface area contributed by atoms with E-state index in [4.69, 9.17) is 15.2 Å². The predicted molar refractivity (Wildman–Crippen MR) is 133 cm³/mol. The largest absolute Gasteiger partial charge is 0.425 e. The summed E-state index contributed by atoms with van der Waals surface area (Å²) in [5.74, 6) is 5.84. The number of nitrogen functional groups attached to an aromatic ring is 1. The first-order chi connectivity index (χ1) is 18.7. The molecule has 3 amide bonds. The van der Waals surface area contributed by atoms with Gasteiger partial charge in [-0.15, -0.1) is 0 Å². The molecule has 208 valence electrons. The lowest BCUT2D eigenvalue weighted by molar-refractivity contribution is -0.138. The van der Waals surface area contributed by atoms with Crippen LogP contribution in [0.3, 0.4) is 0 Å². The fourth-order valence-electron chi connectivity index (χ4n) is 4.75. The molecule has 0 bridgehead atoms. The van der Waals surface area contributed by atoms with Gasteiger partial charge in [0.2, 0.25) is 11.7 Å². The van der Waals surface area contributed by atoms with Gasteiger partial charge < -0.3 is 41.0 Å².